The van der Waals surface area contributed by atoms with Gasteiger partial charge in [0.05, 0.1) is 21.9 Å². The van der Waals surface area contributed by atoms with Gasteiger partial charge in [0, 0.05) is 16.5 Å². The maximum absolute atomic E-state index is 12.0. The molecule has 0 bridgehead atoms. The highest BCUT2D eigenvalue weighted by molar-refractivity contribution is 9.10. The number of nitrogens with zero attached hydrogens (tertiary/aromatic N) is 1. The van der Waals surface area contributed by atoms with Crippen LogP contribution in [0.25, 0.3) is 10.9 Å². The minimum absolute atomic E-state index is 0.179. The Labute approximate surface area is 109 Å². The largest absolute Gasteiger partial charge is 0.366 e. The summed E-state index contributed by atoms with van der Waals surface area (Å²) >= 11 is 3.35. The van der Waals surface area contributed by atoms with E-state index in [1.54, 1.807) is 6.07 Å². The first-order valence-electron chi connectivity index (χ1n) is 5.07. The molecule has 7 heteroatoms. The summed E-state index contributed by atoms with van der Waals surface area (Å²) in [6.07, 6.45) is 1.52. The van der Waals surface area contributed by atoms with Crippen LogP contribution >= 0.6 is 15.9 Å². The van der Waals surface area contributed by atoms with Crippen LogP contribution in [-0.2, 0) is 0 Å². The summed E-state index contributed by atoms with van der Waals surface area (Å²) in [6, 6.07) is 3.23. The summed E-state index contributed by atoms with van der Waals surface area (Å²) in [6.45, 7) is 0. The maximum Gasteiger partial charge on any atom is 0.272 e. The predicted molar refractivity (Wildman–Crippen MR) is 69.6 cm³/mol. The number of rotatable bonds is 1. The van der Waals surface area contributed by atoms with Gasteiger partial charge in [-0.05, 0) is 28.1 Å². The Morgan fingerprint density at radius 3 is 2.89 bits per heavy atom. The molecule has 2 heterocycles. The van der Waals surface area contributed by atoms with E-state index in [0.717, 1.165) is 5.52 Å². The van der Waals surface area contributed by atoms with Gasteiger partial charge >= 0.3 is 0 Å². The molecule has 1 aromatic heterocycles. The molecule has 0 aliphatic carbocycles. The number of hydrogen-bond donors (Lipinski definition) is 3. The molecule has 0 spiro atoms. The number of H-pyrrole nitrogens is 1. The lowest BCUT2D eigenvalue weighted by Crippen LogP contribution is -2.22. The fourth-order valence-electron chi connectivity index (χ4n) is 2.06. The quantitative estimate of drug-likeness (QED) is 0.735. The van der Waals surface area contributed by atoms with E-state index in [4.69, 9.17) is 5.73 Å². The van der Waals surface area contributed by atoms with E-state index in [1.807, 2.05) is 0 Å². The molecule has 0 saturated carbocycles. The predicted octanol–water partition coefficient (Wildman–Crippen LogP) is 1.11. The van der Waals surface area contributed by atoms with E-state index in [9.17, 15) is 9.59 Å². The Kier molecular flexibility index (Phi) is 2.24. The summed E-state index contributed by atoms with van der Waals surface area (Å²) in [7, 11) is 0. The van der Waals surface area contributed by atoms with Crippen LogP contribution in [-0.4, -0.2) is 23.0 Å². The molecule has 0 saturated heterocycles. The molecule has 1 aromatic carbocycles. The van der Waals surface area contributed by atoms with Crippen LogP contribution in [0.1, 0.15) is 26.3 Å². The highest BCUT2D eigenvalue weighted by atomic mass is 79.9. The number of aromatic amines is 1. The van der Waals surface area contributed by atoms with Gasteiger partial charge < -0.3 is 10.7 Å². The Morgan fingerprint density at radius 1 is 1.39 bits per heavy atom. The van der Waals surface area contributed by atoms with Gasteiger partial charge in [0.15, 0.2) is 0 Å². The van der Waals surface area contributed by atoms with Crippen LogP contribution in [0, 0.1) is 0 Å². The first-order valence-corrected chi connectivity index (χ1v) is 5.86. The van der Waals surface area contributed by atoms with Gasteiger partial charge in [-0.3, -0.25) is 9.59 Å². The smallest absolute Gasteiger partial charge is 0.272 e. The van der Waals surface area contributed by atoms with E-state index in [0.29, 0.717) is 15.6 Å². The van der Waals surface area contributed by atoms with E-state index in [2.05, 4.69) is 31.4 Å². The number of hydrogen-bond acceptors (Lipinski definition) is 3. The average molecular weight is 307 g/mol. The third-order valence-electron chi connectivity index (χ3n) is 2.81. The van der Waals surface area contributed by atoms with Crippen molar-refractivity contribution in [3.8, 4) is 0 Å². The number of amides is 2. The molecule has 6 nitrogen and oxygen atoms in total. The van der Waals surface area contributed by atoms with Gasteiger partial charge in [-0.2, -0.15) is 5.10 Å². The van der Waals surface area contributed by atoms with E-state index in [-0.39, 0.29) is 11.1 Å². The third kappa shape index (κ3) is 1.37. The fraction of sp³-hybridized carbons (Fsp3) is 0. The molecular weight excluding hydrogens is 300 g/mol. The molecule has 1 aliphatic heterocycles. The molecule has 0 fully saturated rings. The Bertz CT molecular complexity index is 732. The van der Waals surface area contributed by atoms with Gasteiger partial charge in [-0.15, -0.1) is 0 Å². The minimum atomic E-state index is -0.646. The van der Waals surface area contributed by atoms with E-state index < -0.39 is 11.8 Å². The minimum Gasteiger partial charge on any atom is -0.366 e. The molecule has 2 aromatic rings. The standard InChI is InChI=1S/C11H7BrN4O2/c12-9-5-3-14-16-11(18)8-4(10(13)17)1-2-6(15-9)7(5)8/h1-3,15H,(H2,13,17)(H,16,18). The van der Waals surface area contributed by atoms with Crippen LogP contribution in [0.4, 0.5) is 0 Å². The number of carbonyl (C=O) groups excluding carboxylic acids is 2. The zero-order valence-corrected chi connectivity index (χ0v) is 10.5. The van der Waals surface area contributed by atoms with Crippen molar-refractivity contribution >= 4 is 44.9 Å². The van der Waals surface area contributed by atoms with Gasteiger partial charge in [0.25, 0.3) is 5.91 Å². The van der Waals surface area contributed by atoms with Crippen molar-refractivity contribution in [1.29, 1.82) is 0 Å². The maximum atomic E-state index is 12.0. The van der Waals surface area contributed by atoms with Gasteiger partial charge in [0.2, 0.25) is 5.91 Å². The zero-order valence-electron chi connectivity index (χ0n) is 8.95. The SMILES string of the molecule is NC(=O)c1ccc2[nH]c(Br)c3c2c1C(=O)NN=C3. The second-order valence-electron chi connectivity index (χ2n) is 3.83. The number of carbonyl (C=O) groups is 2. The topological polar surface area (TPSA) is 100 Å². The number of nitrogens with two attached hydrogens (primary N) is 1. The molecule has 0 unspecified atom stereocenters. The molecular formula is C11H7BrN4O2. The second kappa shape index (κ2) is 3.67. The Balaban J connectivity index is 2.53. The number of aromatic nitrogens is 1. The lowest BCUT2D eigenvalue weighted by atomic mass is 10.00. The van der Waals surface area contributed by atoms with Crippen LogP contribution in [0.2, 0.25) is 0 Å². The van der Waals surface area contributed by atoms with Crippen molar-refractivity contribution in [2.45, 2.75) is 0 Å². The summed E-state index contributed by atoms with van der Waals surface area (Å²) in [4.78, 5) is 26.4. The van der Waals surface area contributed by atoms with Crippen LogP contribution in [0.5, 0.6) is 0 Å². The fourth-order valence-corrected chi connectivity index (χ4v) is 2.57. The van der Waals surface area contributed by atoms with Crippen molar-refractivity contribution in [2.24, 2.45) is 10.8 Å². The Morgan fingerprint density at radius 2 is 2.17 bits per heavy atom. The number of halogens is 1. The Hall–Kier alpha value is -2.15. The van der Waals surface area contributed by atoms with E-state index >= 15 is 0 Å². The van der Waals surface area contributed by atoms with Crippen LogP contribution in [0.15, 0.2) is 21.8 Å². The van der Waals surface area contributed by atoms with Crippen LogP contribution < -0.4 is 11.2 Å². The number of nitrogens with one attached hydrogen (secondary N) is 2. The molecule has 0 atom stereocenters. The normalized spacial score (nSPS) is 13.5. The van der Waals surface area contributed by atoms with E-state index in [1.165, 1.54) is 12.3 Å². The molecule has 1 aliphatic rings. The van der Waals surface area contributed by atoms with Crippen LogP contribution in [0.3, 0.4) is 0 Å². The van der Waals surface area contributed by atoms with Crippen molar-refractivity contribution in [2.75, 3.05) is 0 Å². The zero-order chi connectivity index (χ0) is 12.9. The van der Waals surface area contributed by atoms with Gasteiger partial charge in [0.1, 0.15) is 0 Å². The first-order chi connectivity index (χ1) is 8.59. The number of hydrazone groups is 1. The molecule has 2 amide bonds. The first kappa shape index (κ1) is 11.0. The number of benzene rings is 1. The van der Waals surface area contributed by atoms with Crippen molar-refractivity contribution in [1.82, 2.24) is 10.4 Å². The molecule has 3 rings (SSSR count). The third-order valence-corrected chi connectivity index (χ3v) is 3.43. The summed E-state index contributed by atoms with van der Waals surface area (Å²) in [5, 5.41) is 4.43. The average Bonchev–Trinajstić information content (AvgIpc) is 2.52. The second-order valence-corrected chi connectivity index (χ2v) is 4.62. The molecule has 0 radical (unpaired) electrons. The van der Waals surface area contributed by atoms with Gasteiger partial charge in [-0.25, -0.2) is 5.43 Å². The summed E-state index contributed by atoms with van der Waals surface area (Å²) in [5.74, 6) is -1.09. The lowest BCUT2D eigenvalue weighted by Gasteiger charge is -2.05. The molecule has 18 heavy (non-hydrogen) atoms. The highest BCUT2D eigenvalue weighted by Crippen LogP contribution is 2.31. The summed E-state index contributed by atoms with van der Waals surface area (Å²) in [5.41, 5.74) is 9.51. The lowest BCUT2D eigenvalue weighted by molar-refractivity contribution is 0.0939. The van der Waals surface area contributed by atoms with Crippen molar-refractivity contribution in [3.05, 3.63) is 33.4 Å². The monoisotopic (exact) mass is 306 g/mol. The van der Waals surface area contributed by atoms with Gasteiger partial charge in [-0.1, -0.05) is 0 Å². The highest BCUT2D eigenvalue weighted by Gasteiger charge is 2.24. The summed E-state index contributed by atoms with van der Waals surface area (Å²) < 4.78 is 0.695. The number of primary amides is 1. The van der Waals surface area contributed by atoms with Crippen molar-refractivity contribution in [3.63, 3.8) is 0 Å². The van der Waals surface area contributed by atoms with Crippen molar-refractivity contribution < 1.29 is 9.59 Å². The molecule has 90 valence electrons. The molecule has 4 N–H and O–H groups in total.